The maximum absolute atomic E-state index is 13.7. The second-order valence-corrected chi connectivity index (χ2v) is 6.40. The van der Waals surface area contributed by atoms with E-state index in [0.717, 1.165) is 23.0 Å². The van der Waals surface area contributed by atoms with Gasteiger partial charge < -0.3 is 20.3 Å². The lowest BCUT2D eigenvalue weighted by Gasteiger charge is -2.18. The average Bonchev–Trinajstić information content (AvgIpc) is 2.98. The van der Waals surface area contributed by atoms with E-state index in [1.807, 2.05) is 24.1 Å². The van der Waals surface area contributed by atoms with E-state index in [1.165, 1.54) is 6.07 Å². The van der Waals surface area contributed by atoms with Crippen molar-refractivity contribution < 1.29 is 13.9 Å². The molecule has 1 heterocycles. The maximum Gasteiger partial charge on any atom is 0.251 e. The van der Waals surface area contributed by atoms with Gasteiger partial charge in [0, 0.05) is 24.7 Å². The Labute approximate surface area is 154 Å². The van der Waals surface area contributed by atoms with Gasteiger partial charge in [-0.1, -0.05) is 23.2 Å². The van der Waals surface area contributed by atoms with Gasteiger partial charge in [0.05, 0.1) is 35.2 Å². The number of nitrogens with one attached hydrogen (secondary N) is 2. The summed E-state index contributed by atoms with van der Waals surface area (Å²) in [5, 5.41) is 5.82. The number of fused-ring (bicyclic) bond motifs is 1. The monoisotopic (exact) mass is 383 g/mol. The van der Waals surface area contributed by atoms with Gasteiger partial charge in [-0.15, -0.1) is 0 Å². The van der Waals surface area contributed by atoms with E-state index in [9.17, 15) is 9.18 Å². The molecule has 0 atom stereocenters. The molecule has 25 heavy (non-hydrogen) atoms. The lowest BCUT2D eigenvalue weighted by molar-refractivity contribution is 0.0950. The fraction of sp³-hybridized carbons (Fsp3) is 0.235. The quantitative estimate of drug-likeness (QED) is 0.786. The summed E-state index contributed by atoms with van der Waals surface area (Å²) in [6.45, 7) is 0.889. The third kappa shape index (κ3) is 3.32. The molecule has 1 aliphatic heterocycles. The van der Waals surface area contributed by atoms with Crippen LogP contribution in [0, 0.1) is 5.82 Å². The fourth-order valence-corrected chi connectivity index (χ4v) is 3.12. The number of carbonyl (C=O) groups is 1. The van der Waals surface area contributed by atoms with E-state index in [-0.39, 0.29) is 22.2 Å². The zero-order valence-corrected chi connectivity index (χ0v) is 15.1. The molecule has 0 aliphatic carbocycles. The molecule has 5 nitrogen and oxygen atoms in total. The third-order valence-electron chi connectivity index (χ3n) is 4.02. The SMILES string of the molecule is COc1ccc2c(c1CNC(=O)c1cc(F)c(Cl)c(Cl)c1)N(C)CN2. The molecule has 2 aromatic carbocycles. The van der Waals surface area contributed by atoms with Crippen LogP contribution in [-0.4, -0.2) is 26.7 Å². The van der Waals surface area contributed by atoms with Crippen molar-refractivity contribution in [3.63, 3.8) is 0 Å². The molecular weight excluding hydrogens is 368 g/mol. The summed E-state index contributed by atoms with van der Waals surface area (Å²) in [4.78, 5) is 14.4. The van der Waals surface area contributed by atoms with Crippen molar-refractivity contribution in [3.8, 4) is 5.75 Å². The molecule has 0 bridgehead atoms. The topological polar surface area (TPSA) is 53.6 Å². The minimum absolute atomic E-state index is 0.00562. The number of nitrogens with zero attached hydrogens (tertiary/aromatic N) is 1. The normalized spacial score (nSPS) is 12.6. The van der Waals surface area contributed by atoms with Gasteiger partial charge in [0.1, 0.15) is 11.6 Å². The van der Waals surface area contributed by atoms with Gasteiger partial charge in [0.2, 0.25) is 0 Å². The number of methoxy groups -OCH3 is 1. The van der Waals surface area contributed by atoms with Crippen molar-refractivity contribution in [2.24, 2.45) is 0 Å². The highest BCUT2D eigenvalue weighted by Crippen LogP contribution is 2.39. The first kappa shape index (κ1) is 17.6. The van der Waals surface area contributed by atoms with Crippen molar-refractivity contribution >= 4 is 40.5 Å². The number of benzene rings is 2. The van der Waals surface area contributed by atoms with Crippen LogP contribution in [0.4, 0.5) is 15.8 Å². The molecule has 2 N–H and O–H groups in total. The van der Waals surface area contributed by atoms with Crippen molar-refractivity contribution in [2.75, 3.05) is 31.0 Å². The van der Waals surface area contributed by atoms with Crippen LogP contribution in [-0.2, 0) is 6.54 Å². The Morgan fingerprint density at radius 1 is 1.40 bits per heavy atom. The molecule has 0 spiro atoms. The fourth-order valence-electron chi connectivity index (χ4n) is 2.80. The third-order valence-corrected chi connectivity index (χ3v) is 4.80. The number of rotatable bonds is 4. The van der Waals surface area contributed by atoms with Gasteiger partial charge in [0.15, 0.2) is 0 Å². The largest absolute Gasteiger partial charge is 0.496 e. The lowest BCUT2D eigenvalue weighted by atomic mass is 10.1. The lowest BCUT2D eigenvalue weighted by Crippen LogP contribution is -2.25. The van der Waals surface area contributed by atoms with Crippen LogP contribution >= 0.6 is 23.2 Å². The van der Waals surface area contributed by atoms with Gasteiger partial charge >= 0.3 is 0 Å². The molecule has 132 valence electrons. The van der Waals surface area contributed by atoms with Crippen LogP contribution in [0.5, 0.6) is 5.75 Å². The summed E-state index contributed by atoms with van der Waals surface area (Å²) >= 11 is 11.5. The van der Waals surface area contributed by atoms with E-state index in [1.54, 1.807) is 7.11 Å². The molecule has 2 aromatic rings. The van der Waals surface area contributed by atoms with E-state index in [2.05, 4.69) is 10.6 Å². The molecule has 0 saturated heterocycles. The van der Waals surface area contributed by atoms with Crippen LogP contribution in [0.15, 0.2) is 24.3 Å². The Morgan fingerprint density at radius 3 is 2.84 bits per heavy atom. The van der Waals surface area contributed by atoms with Crippen LogP contribution in [0.2, 0.25) is 10.0 Å². The Hall–Kier alpha value is -2.18. The summed E-state index contributed by atoms with van der Waals surface area (Å²) in [6.07, 6.45) is 0. The number of ether oxygens (including phenoxy) is 1. The molecule has 8 heteroatoms. The van der Waals surface area contributed by atoms with E-state index < -0.39 is 11.7 Å². The van der Waals surface area contributed by atoms with E-state index in [0.29, 0.717) is 12.4 Å². The molecule has 1 aliphatic rings. The Balaban J connectivity index is 1.85. The molecule has 0 unspecified atom stereocenters. The summed E-state index contributed by atoms with van der Waals surface area (Å²) in [5.41, 5.74) is 2.86. The van der Waals surface area contributed by atoms with Crippen LogP contribution in [0.1, 0.15) is 15.9 Å². The smallest absolute Gasteiger partial charge is 0.251 e. The molecule has 3 rings (SSSR count). The number of anilines is 2. The minimum atomic E-state index is -0.735. The zero-order valence-electron chi connectivity index (χ0n) is 13.6. The summed E-state index contributed by atoms with van der Waals surface area (Å²) in [6, 6.07) is 6.16. The van der Waals surface area contributed by atoms with Crippen LogP contribution in [0.25, 0.3) is 0 Å². The summed E-state index contributed by atoms with van der Waals surface area (Å²) in [5.74, 6) is -0.526. The van der Waals surface area contributed by atoms with Crippen molar-refractivity contribution in [1.29, 1.82) is 0 Å². The second kappa shape index (κ2) is 6.98. The van der Waals surface area contributed by atoms with Crippen LogP contribution < -0.4 is 20.3 Å². The van der Waals surface area contributed by atoms with E-state index in [4.69, 9.17) is 27.9 Å². The van der Waals surface area contributed by atoms with Gasteiger partial charge in [-0.2, -0.15) is 0 Å². The zero-order chi connectivity index (χ0) is 18.1. The summed E-state index contributed by atoms with van der Waals surface area (Å²) < 4.78 is 19.1. The number of halogens is 3. The van der Waals surface area contributed by atoms with Gasteiger partial charge in [0.25, 0.3) is 5.91 Å². The van der Waals surface area contributed by atoms with E-state index >= 15 is 0 Å². The van der Waals surface area contributed by atoms with Crippen molar-refractivity contribution in [2.45, 2.75) is 6.54 Å². The number of amides is 1. The number of hydrogen-bond donors (Lipinski definition) is 2. The molecule has 1 amide bonds. The van der Waals surface area contributed by atoms with Crippen molar-refractivity contribution in [3.05, 3.63) is 51.3 Å². The first-order chi connectivity index (χ1) is 11.9. The number of carbonyl (C=O) groups excluding carboxylic acids is 1. The minimum Gasteiger partial charge on any atom is -0.496 e. The van der Waals surface area contributed by atoms with Gasteiger partial charge in [-0.3, -0.25) is 4.79 Å². The molecular formula is C17H16Cl2FN3O2. The highest BCUT2D eigenvalue weighted by molar-refractivity contribution is 6.42. The second-order valence-electron chi connectivity index (χ2n) is 5.61. The van der Waals surface area contributed by atoms with Crippen LogP contribution in [0.3, 0.4) is 0 Å². The first-order valence-electron chi connectivity index (χ1n) is 7.50. The predicted molar refractivity (Wildman–Crippen MR) is 97.5 cm³/mol. The highest BCUT2D eigenvalue weighted by atomic mass is 35.5. The molecule has 0 fully saturated rings. The molecule has 0 aromatic heterocycles. The molecule has 0 radical (unpaired) electrons. The van der Waals surface area contributed by atoms with Gasteiger partial charge in [-0.25, -0.2) is 4.39 Å². The predicted octanol–water partition coefficient (Wildman–Crippen LogP) is 3.89. The Bertz CT molecular complexity index is 822. The average molecular weight is 384 g/mol. The number of hydrogen-bond acceptors (Lipinski definition) is 4. The van der Waals surface area contributed by atoms with Gasteiger partial charge in [-0.05, 0) is 24.3 Å². The first-order valence-corrected chi connectivity index (χ1v) is 8.25. The summed E-state index contributed by atoms with van der Waals surface area (Å²) in [7, 11) is 3.52. The van der Waals surface area contributed by atoms with Crippen molar-refractivity contribution in [1.82, 2.24) is 5.32 Å². The highest BCUT2D eigenvalue weighted by Gasteiger charge is 2.23. The molecule has 0 saturated carbocycles. The Kier molecular flexibility index (Phi) is 4.92. The maximum atomic E-state index is 13.7. The Morgan fingerprint density at radius 2 is 2.16 bits per heavy atom. The standard InChI is InChI=1S/C17H16Cl2FN3O2/c1-23-8-22-13-3-4-14(25-2)10(16(13)23)7-21-17(24)9-5-11(18)15(19)12(20)6-9/h3-6,22H,7-8H2,1-2H3,(H,21,24).